The highest BCUT2D eigenvalue weighted by atomic mass is 79.9. The van der Waals surface area contributed by atoms with Gasteiger partial charge in [0.2, 0.25) is 11.8 Å². The third-order valence-electron chi connectivity index (χ3n) is 5.48. The molecular weight excluding hydrogens is 524 g/mol. The molecule has 35 heavy (non-hydrogen) atoms. The molecule has 1 aliphatic rings. The standard InChI is InChI=1S/C21H21BrN8O5/c22-15-7-25-8-16(26-15)27-17(31)9-29(11-5-12(6-11)35-21(24)34)18(32)10-30-14-4-2-1-3-13(14)19(28-30)20(23)33/h1-4,7-8,11-12H,5-6,9-10H2,(H2,23,33)(H2,24,34)(H,26,27,31)/t11-,12-. The number of hydrogen-bond acceptors (Lipinski definition) is 8. The summed E-state index contributed by atoms with van der Waals surface area (Å²) >= 11 is 3.18. The predicted octanol–water partition coefficient (Wildman–Crippen LogP) is 0.781. The summed E-state index contributed by atoms with van der Waals surface area (Å²) < 4.78 is 6.78. The molecule has 4 rings (SSSR count). The number of nitrogens with zero attached hydrogens (tertiary/aromatic N) is 5. The van der Waals surface area contributed by atoms with E-state index >= 15 is 0 Å². The number of anilines is 1. The van der Waals surface area contributed by atoms with Gasteiger partial charge in [-0.25, -0.2) is 9.78 Å². The van der Waals surface area contributed by atoms with Crippen LogP contribution in [0.4, 0.5) is 10.6 Å². The fourth-order valence-corrected chi connectivity index (χ4v) is 4.17. The van der Waals surface area contributed by atoms with Gasteiger partial charge in [0.05, 0.1) is 17.9 Å². The van der Waals surface area contributed by atoms with Crippen molar-refractivity contribution in [2.75, 3.05) is 11.9 Å². The van der Waals surface area contributed by atoms with Crippen molar-refractivity contribution in [2.24, 2.45) is 11.5 Å². The van der Waals surface area contributed by atoms with E-state index in [2.05, 4.69) is 36.3 Å². The molecule has 0 spiro atoms. The van der Waals surface area contributed by atoms with Crippen LogP contribution < -0.4 is 16.8 Å². The Morgan fingerprint density at radius 3 is 2.60 bits per heavy atom. The van der Waals surface area contributed by atoms with Gasteiger partial charge in [0.1, 0.15) is 23.8 Å². The number of ether oxygens (including phenoxy) is 1. The lowest BCUT2D eigenvalue weighted by Gasteiger charge is -2.41. The second-order valence-corrected chi connectivity index (χ2v) is 8.68. The lowest BCUT2D eigenvalue weighted by atomic mass is 9.87. The highest BCUT2D eigenvalue weighted by molar-refractivity contribution is 9.10. The quantitative estimate of drug-likeness (QED) is 0.370. The Bertz CT molecular complexity index is 1310. The summed E-state index contributed by atoms with van der Waals surface area (Å²) in [6.07, 6.45) is 2.14. The SMILES string of the molecule is NC(=O)O[C@H]1C[C@H](N(CC(=O)Nc2cncc(Br)n2)C(=O)Cn2nc(C(N)=O)c3ccccc32)C1. The molecule has 0 radical (unpaired) electrons. The number of halogens is 1. The van der Waals surface area contributed by atoms with Crippen molar-refractivity contribution in [3.05, 3.63) is 47.0 Å². The Labute approximate surface area is 206 Å². The zero-order chi connectivity index (χ0) is 25.1. The molecule has 0 saturated heterocycles. The zero-order valence-corrected chi connectivity index (χ0v) is 19.8. The molecule has 3 aromatic rings. The number of carbonyl (C=O) groups excluding carboxylic acids is 4. The molecule has 4 amide bonds. The van der Waals surface area contributed by atoms with Gasteiger partial charge in [0.25, 0.3) is 5.91 Å². The number of nitrogens with one attached hydrogen (secondary N) is 1. The summed E-state index contributed by atoms with van der Waals surface area (Å²) in [5, 5.41) is 7.33. The Balaban J connectivity index is 1.53. The molecule has 5 N–H and O–H groups in total. The highest BCUT2D eigenvalue weighted by Gasteiger charge is 2.39. The van der Waals surface area contributed by atoms with E-state index in [1.807, 2.05) is 0 Å². The Morgan fingerprint density at radius 2 is 1.91 bits per heavy atom. The molecule has 182 valence electrons. The van der Waals surface area contributed by atoms with Crippen LogP contribution in [-0.2, 0) is 20.9 Å². The van der Waals surface area contributed by atoms with E-state index < -0.39 is 29.9 Å². The molecule has 2 heterocycles. The van der Waals surface area contributed by atoms with Crippen LogP contribution in [0.25, 0.3) is 10.9 Å². The first kappa shape index (κ1) is 24.1. The molecule has 0 bridgehead atoms. The molecule has 13 nitrogen and oxygen atoms in total. The van der Waals surface area contributed by atoms with Crippen molar-refractivity contribution in [1.29, 1.82) is 0 Å². The lowest BCUT2D eigenvalue weighted by molar-refractivity contribution is -0.142. The van der Waals surface area contributed by atoms with E-state index in [0.29, 0.717) is 28.3 Å². The van der Waals surface area contributed by atoms with Crippen LogP contribution in [0.15, 0.2) is 41.3 Å². The number of hydrogen-bond donors (Lipinski definition) is 3. The minimum Gasteiger partial charge on any atom is -0.446 e. The van der Waals surface area contributed by atoms with E-state index in [4.69, 9.17) is 16.2 Å². The number of para-hydroxylation sites is 1. The fourth-order valence-electron chi connectivity index (χ4n) is 3.86. The fraction of sp³-hybridized carbons (Fsp3) is 0.286. The van der Waals surface area contributed by atoms with Crippen LogP contribution in [0.3, 0.4) is 0 Å². The van der Waals surface area contributed by atoms with Gasteiger partial charge in [-0.05, 0) is 22.0 Å². The second kappa shape index (κ2) is 10.0. The molecule has 14 heteroatoms. The summed E-state index contributed by atoms with van der Waals surface area (Å²) in [4.78, 5) is 58.3. The summed E-state index contributed by atoms with van der Waals surface area (Å²) in [5.41, 5.74) is 11.1. The summed E-state index contributed by atoms with van der Waals surface area (Å²) in [6.45, 7) is -0.529. The predicted molar refractivity (Wildman–Crippen MR) is 126 cm³/mol. The van der Waals surface area contributed by atoms with Crippen LogP contribution in [-0.4, -0.2) is 67.2 Å². The second-order valence-electron chi connectivity index (χ2n) is 7.87. The number of benzene rings is 1. The monoisotopic (exact) mass is 544 g/mol. The van der Waals surface area contributed by atoms with Crippen molar-refractivity contribution < 1.29 is 23.9 Å². The van der Waals surface area contributed by atoms with Crippen molar-refractivity contribution >= 4 is 56.5 Å². The molecule has 1 aromatic carbocycles. The van der Waals surface area contributed by atoms with E-state index in [1.54, 1.807) is 24.3 Å². The van der Waals surface area contributed by atoms with Gasteiger partial charge >= 0.3 is 6.09 Å². The number of nitrogens with two attached hydrogens (primary N) is 2. The zero-order valence-electron chi connectivity index (χ0n) is 18.3. The first-order valence-electron chi connectivity index (χ1n) is 10.5. The third-order valence-corrected chi connectivity index (χ3v) is 5.86. The van der Waals surface area contributed by atoms with Crippen molar-refractivity contribution in [3.8, 4) is 0 Å². The van der Waals surface area contributed by atoms with Crippen LogP contribution in [0.1, 0.15) is 23.3 Å². The van der Waals surface area contributed by atoms with Crippen molar-refractivity contribution in [3.63, 3.8) is 0 Å². The van der Waals surface area contributed by atoms with E-state index in [-0.39, 0.29) is 30.6 Å². The summed E-state index contributed by atoms with van der Waals surface area (Å²) in [6, 6.07) is 6.51. The molecule has 2 aromatic heterocycles. The van der Waals surface area contributed by atoms with Crippen LogP contribution in [0.5, 0.6) is 0 Å². The topological polar surface area (TPSA) is 188 Å². The normalized spacial score (nSPS) is 16.8. The van der Waals surface area contributed by atoms with Gasteiger partial charge in [-0.2, -0.15) is 5.10 Å². The molecule has 1 fully saturated rings. The number of carbonyl (C=O) groups is 4. The van der Waals surface area contributed by atoms with Crippen LogP contribution in [0.2, 0.25) is 0 Å². The van der Waals surface area contributed by atoms with Gasteiger partial charge < -0.3 is 26.4 Å². The number of fused-ring (bicyclic) bond motifs is 1. The van der Waals surface area contributed by atoms with Gasteiger partial charge in [0.15, 0.2) is 11.5 Å². The van der Waals surface area contributed by atoms with Gasteiger partial charge in [-0.15, -0.1) is 0 Å². The van der Waals surface area contributed by atoms with E-state index in [1.165, 1.54) is 22.0 Å². The van der Waals surface area contributed by atoms with Crippen LogP contribution in [0, 0.1) is 0 Å². The number of amides is 4. The molecule has 0 aliphatic heterocycles. The first-order valence-corrected chi connectivity index (χ1v) is 11.3. The Morgan fingerprint density at radius 1 is 1.17 bits per heavy atom. The maximum Gasteiger partial charge on any atom is 0.404 e. The minimum absolute atomic E-state index is 0.0458. The van der Waals surface area contributed by atoms with E-state index in [0.717, 1.165) is 0 Å². The van der Waals surface area contributed by atoms with Gasteiger partial charge in [-0.1, -0.05) is 18.2 Å². The molecule has 1 saturated carbocycles. The number of rotatable bonds is 8. The molecule has 0 unspecified atom stereocenters. The summed E-state index contributed by atoms with van der Waals surface area (Å²) in [7, 11) is 0. The Kier molecular flexibility index (Phi) is 6.91. The maximum absolute atomic E-state index is 13.3. The van der Waals surface area contributed by atoms with Crippen molar-refractivity contribution in [1.82, 2.24) is 24.6 Å². The molecular formula is C21H21BrN8O5. The first-order chi connectivity index (χ1) is 16.7. The Hall–Kier alpha value is -4.07. The largest absolute Gasteiger partial charge is 0.446 e. The molecule has 1 aliphatic carbocycles. The van der Waals surface area contributed by atoms with Crippen LogP contribution >= 0.6 is 15.9 Å². The third kappa shape index (κ3) is 5.54. The highest BCUT2D eigenvalue weighted by Crippen LogP contribution is 2.29. The smallest absolute Gasteiger partial charge is 0.404 e. The van der Waals surface area contributed by atoms with Gasteiger partial charge in [0, 0.05) is 24.3 Å². The minimum atomic E-state index is -0.903. The number of primary amides is 2. The van der Waals surface area contributed by atoms with E-state index in [9.17, 15) is 19.2 Å². The van der Waals surface area contributed by atoms with Gasteiger partial charge in [-0.3, -0.25) is 24.0 Å². The van der Waals surface area contributed by atoms with Crippen molar-refractivity contribution in [2.45, 2.75) is 31.5 Å². The molecule has 0 atom stereocenters. The lowest BCUT2D eigenvalue weighted by Crippen LogP contribution is -2.54. The average molecular weight is 545 g/mol. The summed E-state index contributed by atoms with van der Waals surface area (Å²) in [5.74, 6) is -1.42. The number of aromatic nitrogens is 4. The average Bonchev–Trinajstić information content (AvgIpc) is 3.13. The maximum atomic E-state index is 13.3.